The van der Waals surface area contributed by atoms with Gasteiger partial charge >= 0.3 is 0 Å². The number of benzene rings is 3. The number of nitrogens with zero attached hydrogens (tertiary/aromatic N) is 4. The number of nitrogens with one attached hydrogen (secondary N) is 3. The number of sulfonamides is 1. The number of carbonyl (C=O) groups excluding carboxylic acids is 1. The van der Waals surface area contributed by atoms with Gasteiger partial charge in [0.25, 0.3) is 21.6 Å². The van der Waals surface area contributed by atoms with E-state index in [4.69, 9.17) is 25.8 Å². The molecule has 15 nitrogen and oxygen atoms in total. The summed E-state index contributed by atoms with van der Waals surface area (Å²) in [4.78, 5) is 37.1. The first kappa shape index (κ1) is 43.0. The number of nitro benzene ring substituents is 1. The minimum Gasteiger partial charge on any atom is -0.489 e. The minimum atomic E-state index is -4.66. The van der Waals surface area contributed by atoms with E-state index in [1.807, 2.05) is 32.0 Å². The van der Waals surface area contributed by atoms with Crippen LogP contribution in [0.2, 0.25) is 5.02 Å². The van der Waals surface area contributed by atoms with Crippen molar-refractivity contribution in [2.75, 3.05) is 56.2 Å². The summed E-state index contributed by atoms with van der Waals surface area (Å²) in [5.74, 6) is -0.577. The van der Waals surface area contributed by atoms with Crippen molar-refractivity contribution in [3.05, 3.63) is 111 Å². The van der Waals surface area contributed by atoms with Crippen LogP contribution in [0.5, 0.6) is 17.2 Å². The number of ether oxygens (including phenoxy) is 3. The Balaban J connectivity index is 1.02. The molecule has 1 amide bonds. The molecular weight excluding hydrogens is 834 g/mol. The number of aromatic nitrogens is 2. The van der Waals surface area contributed by atoms with Gasteiger partial charge in [0.2, 0.25) is 0 Å². The molecule has 2 aromatic heterocycles. The number of hydrogen-bond acceptors (Lipinski definition) is 12. The lowest BCUT2D eigenvalue weighted by atomic mass is 9.72. The molecule has 0 spiro atoms. The van der Waals surface area contributed by atoms with Gasteiger partial charge < -0.3 is 29.4 Å². The molecule has 1 saturated heterocycles. The first-order chi connectivity index (χ1) is 29.6. The van der Waals surface area contributed by atoms with Crippen LogP contribution >= 0.6 is 11.6 Å². The van der Waals surface area contributed by atoms with E-state index in [1.165, 1.54) is 29.0 Å². The molecule has 8 rings (SSSR count). The smallest absolute Gasteiger partial charge is 0.297 e. The number of fused-ring (bicyclic) bond motifs is 2. The van der Waals surface area contributed by atoms with Crippen molar-refractivity contribution >= 4 is 61.2 Å². The fraction of sp³-hybridized carbons (Fsp3) is 0.378. The predicted octanol–water partition coefficient (Wildman–Crippen LogP) is 8.42. The lowest BCUT2D eigenvalue weighted by Gasteiger charge is -2.39. The van der Waals surface area contributed by atoms with Gasteiger partial charge in [0.15, 0.2) is 11.4 Å². The molecule has 1 aliphatic carbocycles. The van der Waals surface area contributed by atoms with E-state index < -0.39 is 37.5 Å². The Morgan fingerprint density at radius 1 is 1.08 bits per heavy atom. The number of piperazine rings is 1. The Morgan fingerprint density at radius 3 is 2.60 bits per heavy atom. The second-order valence-electron chi connectivity index (χ2n) is 17.1. The molecule has 1 fully saturated rings. The quantitative estimate of drug-likeness (QED) is 0.0760. The average Bonchev–Trinajstić information content (AvgIpc) is 3.71. The topological polar surface area (TPSA) is 181 Å². The number of amides is 1. The summed E-state index contributed by atoms with van der Waals surface area (Å²) < 4.78 is 47.5. The maximum Gasteiger partial charge on any atom is 0.297 e. The van der Waals surface area contributed by atoms with Crippen molar-refractivity contribution in [3.63, 3.8) is 0 Å². The van der Waals surface area contributed by atoms with Crippen LogP contribution in [-0.4, -0.2) is 92.2 Å². The maximum absolute atomic E-state index is 14.0. The summed E-state index contributed by atoms with van der Waals surface area (Å²) in [7, 11) is -4.66. The van der Waals surface area contributed by atoms with Gasteiger partial charge in [-0.1, -0.05) is 43.2 Å². The molecule has 62 heavy (non-hydrogen) atoms. The van der Waals surface area contributed by atoms with Crippen molar-refractivity contribution < 1.29 is 32.3 Å². The van der Waals surface area contributed by atoms with E-state index in [2.05, 4.69) is 55.8 Å². The molecule has 0 radical (unpaired) electrons. The van der Waals surface area contributed by atoms with Crippen LogP contribution in [0.4, 0.5) is 17.1 Å². The van der Waals surface area contributed by atoms with E-state index in [-0.39, 0.29) is 47.5 Å². The van der Waals surface area contributed by atoms with Gasteiger partial charge in [-0.25, -0.2) is 18.1 Å². The third-order valence-electron chi connectivity index (χ3n) is 11.6. The van der Waals surface area contributed by atoms with Crippen molar-refractivity contribution in [2.45, 2.75) is 64.0 Å². The number of halogens is 1. The highest BCUT2D eigenvalue weighted by molar-refractivity contribution is 7.90. The third kappa shape index (κ3) is 9.68. The average molecular weight is 884 g/mol. The van der Waals surface area contributed by atoms with E-state index >= 15 is 0 Å². The largest absolute Gasteiger partial charge is 0.489 e. The second kappa shape index (κ2) is 17.6. The summed E-state index contributed by atoms with van der Waals surface area (Å²) in [6, 6.07) is 18.4. The zero-order valence-corrected chi connectivity index (χ0v) is 36.6. The van der Waals surface area contributed by atoms with Crippen LogP contribution in [0, 0.1) is 15.5 Å². The van der Waals surface area contributed by atoms with E-state index in [1.54, 1.807) is 24.4 Å². The van der Waals surface area contributed by atoms with Crippen LogP contribution in [0.15, 0.2) is 89.6 Å². The molecule has 1 atom stereocenters. The zero-order chi connectivity index (χ0) is 43.8. The summed E-state index contributed by atoms with van der Waals surface area (Å²) in [6.07, 6.45) is 6.38. The number of H-pyrrole nitrogens is 1. The van der Waals surface area contributed by atoms with Gasteiger partial charge in [0.1, 0.15) is 23.8 Å². The number of aromatic amines is 1. The molecule has 2 aliphatic heterocycles. The highest BCUT2D eigenvalue weighted by Gasteiger charge is 2.33. The molecule has 0 bridgehead atoms. The number of carbonyl (C=O) groups is 1. The van der Waals surface area contributed by atoms with Crippen molar-refractivity contribution in [3.8, 4) is 17.2 Å². The lowest BCUT2D eigenvalue weighted by Crippen LogP contribution is -2.47. The van der Waals surface area contributed by atoms with E-state index in [9.17, 15) is 23.3 Å². The molecular formula is C45H50ClN7O8S. The normalized spacial score (nSPS) is 18.0. The molecule has 3 aliphatic rings. The van der Waals surface area contributed by atoms with Gasteiger partial charge in [-0.05, 0) is 86.1 Å². The van der Waals surface area contributed by atoms with E-state index in [0.717, 1.165) is 67.1 Å². The minimum absolute atomic E-state index is 0.0294. The van der Waals surface area contributed by atoms with Crippen LogP contribution in [-0.2, 0) is 14.8 Å². The van der Waals surface area contributed by atoms with Gasteiger partial charge in [0, 0.05) is 73.2 Å². The number of anilines is 2. The maximum atomic E-state index is 14.0. The lowest BCUT2D eigenvalue weighted by molar-refractivity contribution is -0.384. The number of hydrogen-bond donors (Lipinski definition) is 3. The third-order valence-corrected chi connectivity index (χ3v) is 13.1. The van der Waals surface area contributed by atoms with Crippen molar-refractivity contribution in [1.29, 1.82) is 0 Å². The molecule has 3 N–H and O–H groups in total. The van der Waals surface area contributed by atoms with Gasteiger partial charge in [-0.2, -0.15) is 0 Å². The zero-order valence-electron chi connectivity index (χ0n) is 35.1. The van der Waals surface area contributed by atoms with Crippen LogP contribution in [0.3, 0.4) is 0 Å². The summed E-state index contributed by atoms with van der Waals surface area (Å²) in [6.45, 7) is 12.6. The van der Waals surface area contributed by atoms with Gasteiger partial charge in [-0.3, -0.25) is 19.8 Å². The first-order valence-electron chi connectivity index (χ1n) is 20.7. The standard InChI is InChI=1S/C45H50ClN7O8S/c1-28(2)59-26-33-27-60-41-22-36(21-39(53(55)56)42(41)49-33)62(57,58)50-44(54)37-10-9-34(20-40(37)61-35-19-30-12-14-47-43(30)48-24-35)52-17-15-51(16-18-52)25-31-11-13-45(3,4)23-38(31)29-5-7-32(46)8-6-29/h5-10,12,14,19-22,24,28,33,49H,11,13,15-18,23,25-27H2,1-4H3,(H,47,48)(H,50,54). The van der Waals surface area contributed by atoms with Crippen LogP contribution in [0.25, 0.3) is 16.6 Å². The number of allylic oxidation sites excluding steroid dienone is 1. The molecule has 326 valence electrons. The summed E-state index contributed by atoms with van der Waals surface area (Å²) >= 11 is 6.24. The Labute approximate surface area is 365 Å². The molecule has 1 unspecified atom stereocenters. The first-order valence-corrected chi connectivity index (χ1v) is 22.6. The Hall–Kier alpha value is -5.68. The molecule has 5 aromatic rings. The molecule has 3 aromatic carbocycles. The second-order valence-corrected chi connectivity index (χ2v) is 19.2. The molecule has 17 heteroatoms. The van der Waals surface area contributed by atoms with Gasteiger partial charge in [-0.15, -0.1) is 0 Å². The number of pyridine rings is 1. The predicted molar refractivity (Wildman–Crippen MR) is 239 cm³/mol. The molecule has 4 heterocycles. The summed E-state index contributed by atoms with van der Waals surface area (Å²) in [5, 5.41) is 16.7. The number of rotatable bonds is 13. The monoisotopic (exact) mass is 883 g/mol. The van der Waals surface area contributed by atoms with E-state index in [0.29, 0.717) is 24.5 Å². The van der Waals surface area contributed by atoms with Crippen LogP contribution < -0.4 is 24.4 Å². The van der Waals surface area contributed by atoms with Crippen molar-refractivity contribution in [2.24, 2.45) is 5.41 Å². The van der Waals surface area contributed by atoms with Crippen LogP contribution in [0.1, 0.15) is 62.9 Å². The van der Waals surface area contributed by atoms with Gasteiger partial charge in [0.05, 0.1) is 40.3 Å². The summed E-state index contributed by atoms with van der Waals surface area (Å²) in [5.41, 5.74) is 5.20. The Bertz CT molecular complexity index is 2640. The van der Waals surface area contributed by atoms with Crippen molar-refractivity contribution in [1.82, 2.24) is 19.6 Å². The highest BCUT2D eigenvalue weighted by Crippen LogP contribution is 2.44. The Morgan fingerprint density at radius 2 is 1.85 bits per heavy atom. The fourth-order valence-corrected chi connectivity index (χ4v) is 9.31. The fourth-order valence-electron chi connectivity index (χ4n) is 8.18. The number of nitro groups is 1. The SMILES string of the molecule is CC(C)OCC1COc2cc(S(=O)(=O)NC(=O)c3ccc(N4CCN(CC5=C(c6ccc(Cl)cc6)CC(C)(C)CC5)CC4)cc3Oc3cnc4[nH]ccc4c3)cc([N+](=O)[O-])c2N1. The highest BCUT2D eigenvalue weighted by atomic mass is 35.5. The Kier molecular flexibility index (Phi) is 12.2. The molecule has 0 saturated carbocycles.